The van der Waals surface area contributed by atoms with Gasteiger partial charge in [-0.15, -0.1) is 0 Å². The smallest absolute Gasteiger partial charge is 0.326 e. The monoisotopic (exact) mass is 243 g/mol. The maximum absolute atomic E-state index is 11.5. The second-order valence-corrected chi connectivity index (χ2v) is 3.45. The number of carboxylic acid groups (broad SMARTS) is 1. The number of rotatable bonds is 7. The molecule has 7 heteroatoms. The van der Waals surface area contributed by atoms with Crippen molar-refractivity contribution in [2.75, 3.05) is 27.3 Å². The molecule has 0 aliphatic rings. The zero-order valence-corrected chi connectivity index (χ0v) is 9.97. The maximum atomic E-state index is 11.5. The fourth-order valence-corrected chi connectivity index (χ4v) is 1.07. The number of hydrogen-bond donors (Lipinski definition) is 2. The number of carboxylic acids is 1. The Bertz CT molecular complexity index is 300. The van der Waals surface area contributed by atoms with Crippen molar-refractivity contribution in [2.24, 2.45) is 0 Å². The molecule has 0 bridgehead atoms. The normalized spacial score (nSPS) is 11.4. The fraction of sp³-hybridized carbons (Fsp3) is 0.700. The highest BCUT2D eigenvalue weighted by Crippen LogP contribution is 1.96. The van der Waals surface area contributed by atoms with Gasteiger partial charge in [-0.2, -0.15) is 5.26 Å². The number of nitrogens with zero attached hydrogens (tertiary/aromatic N) is 2. The maximum Gasteiger partial charge on any atom is 0.326 e. The first-order valence-corrected chi connectivity index (χ1v) is 5.13. The summed E-state index contributed by atoms with van der Waals surface area (Å²) in [5.41, 5.74) is 0. The van der Waals surface area contributed by atoms with Crippen molar-refractivity contribution in [2.45, 2.75) is 18.9 Å². The number of carbonyl (C=O) groups is 2. The molecule has 0 rings (SSSR count). The van der Waals surface area contributed by atoms with Crippen LogP contribution in [0, 0.1) is 11.3 Å². The molecular formula is C10H17N3O4. The molecular weight excluding hydrogens is 226 g/mol. The third-order valence-electron chi connectivity index (χ3n) is 2.11. The molecule has 2 amide bonds. The average molecular weight is 243 g/mol. The Morgan fingerprint density at radius 2 is 2.24 bits per heavy atom. The van der Waals surface area contributed by atoms with Crippen molar-refractivity contribution in [3.8, 4) is 6.07 Å². The largest absolute Gasteiger partial charge is 0.480 e. The van der Waals surface area contributed by atoms with Gasteiger partial charge in [0.05, 0.1) is 12.5 Å². The quantitative estimate of drug-likeness (QED) is 0.656. The van der Waals surface area contributed by atoms with Gasteiger partial charge in [0.25, 0.3) is 0 Å². The van der Waals surface area contributed by atoms with Gasteiger partial charge in [0.1, 0.15) is 6.04 Å². The van der Waals surface area contributed by atoms with Crippen LogP contribution < -0.4 is 5.32 Å². The van der Waals surface area contributed by atoms with Crippen molar-refractivity contribution >= 4 is 12.0 Å². The highest BCUT2D eigenvalue weighted by Gasteiger charge is 2.21. The van der Waals surface area contributed by atoms with Crippen LogP contribution in [-0.2, 0) is 9.53 Å². The van der Waals surface area contributed by atoms with Crippen LogP contribution in [0.4, 0.5) is 4.79 Å². The molecule has 96 valence electrons. The van der Waals surface area contributed by atoms with Crippen molar-refractivity contribution in [1.82, 2.24) is 10.2 Å². The molecule has 0 aromatic heterocycles. The second kappa shape index (κ2) is 8.35. The minimum Gasteiger partial charge on any atom is -0.480 e. The number of nitrogens with one attached hydrogen (secondary N) is 1. The van der Waals surface area contributed by atoms with E-state index in [4.69, 9.17) is 15.1 Å². The Morgan fingerprint density at radius 3 is 2.71 bits per heavy atom. The topological polar surface area (TPSA) is 103 Å². The number of urea groups is 1. The summed E-state index contributed by atoms with van der Waals surface area (Å²) in [6.45, 7) is 0.512. The molecule has 0 fully saturated rings. The predicted molar refractivity (Wildman–Crippen MR) is 59.3 cm³/mol. The summed E-state index contributed by atoms with van der Waals surface area (Å²) in [6, 6.07) is 0.416. The van der Waals surface area contributed by atoms with Gasteiger partial charge < -0.3 is 20.1 Å². The van der Waals surface area contributed by atoms with Crippen molar-refractivity contribution < 1.29 is 19.4 Å². The Labute approximate surface area is 100.0 Å². The molecule has 7 nitrogen and oxygen atoms in total. The third kappa shape index (κ3) is 6.37. The van der Waals surface area contributed by atoms with Gasteiger partial charge in [0.2, 0.25) is 0 Å². The molecule has 0 spiro atoms. The third-order valence-corrected chi connectivity index (χ3v) is 2.11. The van der Waals surface area contributed by atoms with Crippen LogP contribution in [0.1, 0.15) is 12.8 Å². The Morgan fingerprint density at radius 1 is 1.59 bits per heavy atom. The van der Waals surface area contributed by atoms with Crippen LogP contribution in [0.25, 0.3) is 0 Å². The first-order valence-electron chi connectivity index (χ1n) is 5.13. The lowest BCUT2D eigenvalue weighted by molar-refractivity contribution is -0.139. The van der Waals surface area contributed by atoms with Crippen LogP contribution in [0.2, 0.25) is 0 Å². The lowest BCUT2D eigenvalue weighted by Crippen LogP contribution is -2.47. The van der Waals surface area contributed by atoms with Gasteiger partial charge in [-0.05, 0) is 0 Å². The summed E-state index contributed by atoms with van der Waals surface area (Å²) < 4.78 is 4.76. The molecule has 0 aliphatic carbocycles. The SMILES string of the molecule is COCCC(NC(=O)N(C)CCC#N)C(=O)O. The molecule has 0 radical (unpaired) electrons. The van der Waals surface area contributed by atoms with Crippen molar-refractivity contribution in [3.05, 3.63) is 0 Å². The Kier molecular flexibility index (Phi) is 7.46. The van der Waals surface area contributed by atoms with Gasteiger partial charge in [0.15, 0.2) is 0 Å². The average Bonchev–Trinajstić information content (AvgIpc) is 2.30. The summed E-state index contributed by atoms with van der Waals surface area (Å²) in [4.78, 5) is 23.6. The number of methoxy groups -OCH3 is 1. The fourth-order valence-electron chi connectivity index (χ4n) is 1.07. The zero-order valence-electron chi connectivity index (χ0n) is 9.97. The molecule has 17 heavy (non-hydrogen) atoms. The lowest BCUT2D eigenvalue weighted by atomic mass is 10.2. The zero-order chi connectivity index (χ0) is 13.3. The van der Waals surface area contributed by atoms with Crippen LogP contribution in [0.15, 0.2) is 0 Å². The van der Waals surface area contributed by atoms with Crippen LogP contribution >= 0.6 is 0 Å². The van der Waals surface area contributed by atoms with Gasteiger partial charge in [-0.3, -0.25) is 0 Å². The number of ether oxygens (including phenoxy) is 1. The van der Waals surface area contributed by atoms with Gasteiger partial charge >= 0.3 is 12.0 Å². The van der Waals surface area contributed by atoms with E-state index in [1.54, 1.807) is 0 Å². The van der Waals surface area contributed by atoms with Gasteiger partial charge in [-0.25, -0.2) is 9.59 Å². The number of hydrogen-bond acceptors (Lipinski definition) is 4. The summed E-state index contributed by atoms with van der Waals surface area (Å²) in [5.74, 6) is -1.11. The summed E-state index contributed by atoms with van der Waals surface area (Å²) in [5, 5.41) is 19.6. The van der Waals surface area contributed by atoms with E-state index < -0.39 is 18.0 Å². The Balaban J connectivity index is 4.20. The van der Waals surface area contributed by atoms with E-state index in [0.717, 1.165) is 0 Å². The van der Waals surface area contributed by atoms with Crippen LogP contribution in [0.3, 0.4) is 0 Å². The molecule has 0 aliphatic heterocycles. The lowest BCUT2D eigenvalue weighted by Gasteiger charge is -2.20. The molecule has 0 saturated carbocycles. The van der Waals surface area contributed by atoms with Crippen LogP contribution in [-0.4, -0.2) is 55.4 Å². The number of carbonyl (C=O) groups excluding carboxylic acids is 1. The van der Waals surface area contributed by atoms with Gasteiger partial charge in [0, 0.05) is 33.7 Å². The first-order chi connectivity index (χ1) is 8.02. The minimum atomic E-state index is -1.11. The van der Waals surface area contributed by atoms with Gasteiger partial charge in [-0.1, -0.05) is 0 Å². The van der Waals surface area contributed by atoms with E-state index >= 15 is 0 Å². The van der Waals surface area contributed by atoms with E-state index in [1.807, 2.05) is 6.07 Å². The minimum absolute atomic E-state index is 0.198. The number of nitriles is 1. The summed E-state index contributed by atoms with van der Waals surface area (Å²) in [7, 11) is 2.96. The highest BCUT2D eigenvalue weighted by molar-refractivity contribution is 5.82. The molecule has 1 unspecified atom stereocenters. The molecule has 0 aromatic carbocycles. The Hall–Kier alpha value is -1.81. The first kappa shape index (κ1) is 15.2. The standard InChI is InChI=1S/C10H17N3O4/c1-13(6-3-5-11)10(16)12-8(9(14)15)4-7-17-2/h8H,3-4,6-7H2,1-2H3,(H,12,16)(H,14,15). The summed E-state index contributed by atoms with van der Waals surface area (Å²) >= 11 is 0. The molecule has 0 heterocycles. The molecule has 1 atom stereocenters. The van der Waals surface area contributed by atoms with Crippen molar-refractivity contribution in [1.29, 1.82) is 5.26 Å². The second-order valence-electron chi connectivity index (χ2n) is 3.45. The highest BCUT2D eigenvalue weighted by atomic mass is 16.5. The predicted octanol–water partition coefficient (Wildman–Crippen LogP) is 0.0312. The van der Waals surface area contributed by atoms with E-state index in [0.29, 0.717) is 0 Å². The number of aliphatic carboxylic acids is 1. The van der Waals surface area contributed by atoms with E-state index in [1.165, 1.54) is 19.1 Å². The summed E-state index contributed by atoms with van der Waals surface area (Å²) in [6.07, 6.45) is 0.406. The van der Waals surface area contributed by atoms with E-state index in [-0.39, 0.29) is 26.0 Å². The van der Waals surface area contributed by atoms with Crippen LogP contribution in [0.5, 0.6) is 0 Å². The molecule has 2 N–H and O–H groups in total. The van der Waals surface area contributed by atoms with E-state index in [2.05, 4.69) is 5.32 Å². The van der Waals surface area contributed by atoms with Crippen molar-refractivity contribution in [3.63, 3.8) is 0 Å². The molecule has 0 saturated heterocycles. The number of amides is 2. The molecule has 0 aromatic rings. The van der Waals surface area contributed by atoms with E-state index in [9.17, 15) is 9.59 Å².